The Hall–Kier alpha value is -1.96. The first-order chi connectivity index (χ1) is 13.3. The summed E-state index contributed by atoms with van der Waals surface area (Å²) in [6, 6.07) is 5.72. The highest BCUT2D eigenvalue weighted by molar-refractivity contribution is 5.96. The summed E-state index contributed by atoms with van der Waals surface area (Å²) in [6.07, 6.45) is 0.232. The van der Waals surface area contributed by atoms with E-state index in [1.54, 1.807) is 18.9 Å². The van der Waals surface area contributed by atoms with Crippen LogP contribution in [0.15, 0.2) is 18.2 Å². The molecule has 0 saturated carbocycles. The van der Waals surface area contributed by atoms with E-state index in [1.807, 2.05) is 32.0 Å². The Morgan fingerprint density at radius 3 is 2.57 bits per heavy atom. The lowest BCUT2D eigenvalue weighted by atomic mass is 9.90. The maximum atomic E-state index is 12.8. The van der Waals surface area contributed by atoms with E-state index in [2.05, 4.69) is 5.32 Å². The summed E-state index contributed by atoms with van der Waals surface area (Å²) in [4.78, 5) is 26.7. The van der Waals surface area contributed by atoms with Gasteiger partial charge in [0.05, 0.1) is 18.8 Å². The number of aryl methyl sites for hydroxylation is 1. The van der Waals surface area contributed by atoms with E-state index < -0.39 is 11.7 Å². The molecule has 0 aliphatic carbocycles. The van der Waals surface area contributed by atoms with Crippen molar-refractivity contribution in [3.05, 3.63) is 34.9 Å². The number of nitrogens with one attached hydrogen (secondary N) is 1. The topological polar surface area (TPSA) is 88.1 Å². The van der Waals surface area contributed by atoms with Gasteiger partial charge in [-0.3, -0.25) is 9.59 Å². The van der Waals surface area contributed by atoms with Crippen LogP contribution in [0.4, 0.5) is 0 Å². The Morgan fingerprint density at radius 2 is 1.93 bits per heavy atom. The third-order valence-corrected chi connectivity index (χ3v) is 5.43. The average Bonchev–Trinajstić information content (AvgIpc) is 2.68. The van der Waals surface area contributed by atoms with Crippen LogP contribution in [0, 0.1) is 13.8 Å². The Morgan fingerprint density at radius 1 is 1.25 bits per heavy atom. The van der Waals surface area contributed by atoms with Crippen LogP contribution >= 0.6 is 0 Å². The van der Waals surface area contributed by atoms with Gasteiger partial charge >= 0.3 is 0 Å². The number of methoxy groups -OCH3 is 1. The zero-order valence-electron chi connectivity index (χ0n) is 17.3. The minimum absolute atomic E-state index is 0.00699. The molecular weight excluding hydrogens is 360 g/mol. The standard InChI is InChI=1S/C21H32N2O5/c1-15-6-5-7-18(16(15)2)20(25)23-10-8-21(26,9-11-23)14-22-19(24)17(3)28-13-12-27-4/h5-7,17,26H,8-14H2,1-4H3,(H,22,24). The van der Waals surface area contributed by atoms with Crippen molar-refractivity contribution in [3.8, 4) is 0 Å². The summed E-state index contributed by atoms with van der Waals surface area (Å²) in [5, 5.41) is 13.5. The van der Waals surface area contributed by atoms with Crippen molar-refractivity contribution in [3.63, 3.8) is 0 Å². The molecule has 7 heteroatoms. The molecule has 1 aromatic rings. The van der Waals surface area contributed by atoms with Gasteiger partial charge < -0.3 is 24.8 Å². The Kier molecular flexibility index (Phi) is 7.98. The highest BCUT2D eigenvalue weighted by Gasteiger charge is 2.35. The molecule has 2 rings (SSSR count). The highest BCUT2D eigenvalue weighted by Crippen LogP contribution is 2.24. The minimum atomic E-state index is -1.01. The molecule has 0 aromatic heterocycles. The smallest absolute Gasteiger partial charge is 0.254 e. The minimum Gasteiger partial charge on any atom is -0.388 e. The fourth-order valence-electron chi connectivity index (χ4n) is 3.24. The van der Waals surface area contributed by atoms with E-state index in [-0.39, 0.29) is 18.4 Å². The normalized spacial score (nSPS) is 17.2. The van der Waals surface area contributed by atoms with Gasteiger partial charge in [0.2, 0.25) is 5.91 Å². The van der Waals surface area contributed by atoms with E-state index in [0.29, 0.717) is 44.7 Å². The Bertz CT molecular complexity index is 683. The Labute approximate surface area is 167 Å². The summed E-state index contributed by atoms with van der Waals surface area (Å²) in [5.74, 6) is -0.272. The number of carbonyl (C=O) groups is 2. The number of carbonyl (C=O) groups excluding carboxylic acids is 2. The molecule has 0 radical (unpaired) electrons. The second-order valence-corrected chi connectivity index (χ2v) is 7.49. The molecule has 1 atom stereocenters. The first kappa shape index (κ1) is 22.3. The van der Waals surface area contributed by atoms with Crippen molar-refractivity contribution < 1.29 is 24.2 Å². The van der Waals surface area contributed by atoms with Gasteiger partial charge in [0, 0.05) is 32.3 Å². The molecule has 1 saturated heterocycles. The van der Waals surface area contributed by atoms with Gasteiger partial charge in [-0.2, -0.15) is 0 Å². The number of rotatable bonds is 8. The van der Waals surface area contributed by atoms with Gasteiger partial charge in [-0.25, -0.2) is 0 Å². The number of hydrogen-bond donors (Lipinski definition) is 2. The zero-order chi connectivity index (χ0) is 20.7. The lowest BCUT2D eigenvalue weighted by Gasteiger charge is -2.38. The molecule has 156 valence electrons. The van der Waals surface area contributed by atoms with Gasteiger partial charge in [0.15, 0.2) is 0 Å². The predicted molar refractivity (Wildman–Crippen MR) is 106 cm³/mol. The Balaban J connectivity index is 1.84. The van der Waals surface area contributed by atoms with Crippen molar-refractivity contribution in [2.45, 2.75) is 45.3 Å². The SMILES string of the molecule is COCCOC(C)C(=O)NCC1(O)CCN(C(=O)c2cccc(C)c2C)CC1. The van der Waals surface area contributed by atoms with Crippen LogP contribution in [0.2, 0.25) is 0 Å². The van der Waals surface area contributed by atoms with E-state index in [0.717, 1.165) is 11.1 Å². The summed E-state index contributed by atoms with van der Waals surface area (Å²) in [7, 11) is 1.57. The second kappa shape index (κ2) is 10.0. The van der Waals surface area contributed by atoms with Crippen molar-refractivity contribution in [2.24, 2.45) is 0 Å². The monoisotopic (exact) mass is 392 g/mol. The van der Waals surface area contributed by atoms with Crippen LogP contribution in [0.1, 0.15) is 41.3 Å². The molecule has 1 aliphatic heterocycles. The van der Waals surface area contributed by atoms with Crippen molar-refractivity contribution >= 4 is 11.8 Å². The third-order valence-electron chi connectivity index (χ3n) is 5.43. The molecule has 0 bridgehead atoms. The van der Waals surface area contributed by atoms with Gasteiger partial charge in [-0.1, -0.05) is 12.1 Å². The maximum absolute atomic E-state index is 12.8. The van der Waals surface area contributed by atoms with Crippen LogP contribution in [0.3, 0.4) is 0 Å². The molecule has 28 heavy (non-hydrogen) atoms. The number of piperidine rings is 1. The summed E-state index contributed by atoms with van der Waals surface area (Å²) in [5.41, 5.74) is 1.77. The fraction of sp³-hybridized carbons (Fsp3) is 0.619. The van der Waals surface area contributed by atoms with Crippen LogP contribution in [-0.2, 0) is 14.3 Å². The number of hydrogen-bond acceptors (Lipinski definition) is 5. The molecular formula is C21H32N2O5. The summed E-state index contributed by atoms with van der Waals surface area (Å²) in [6.45, 7) is 7.43. The average molecular weight is 392 g/mol. The molecule has 1 aromatic carbocycles. The van der Waals surface area contributed by atoms with Gasteiger partial charge in [-0.15, -0.1) is 0 Å². The van der Waals surface area contributed by atoms with Crippen LogP contribution < -0.4 is 5.32 Å². The van der Waals surface area contributed by atoms with Gasteiger partial charge in [0.1, 0.15) is 6.10 Å². The summed E-state index contributed by atoms with van der Waals surface area (Å²) < 4.78 is 10.3. The molecule has 1 aliphatic rings. The van der Waals surface area contributed by atoms with Crippen LogP contribution in [-0.4, -0.2) is 73.5 Å². The largest absolute Gasteiger partial charge is 0.388 e. The van der Waals surface area contributed by atoms with Crippen molar-refractivity contribution in [2.75, 3.05) is 40.0 Å². The number of nitrogens with zero attached hydrogens (tertiary/aromatic N) is 1. The first-order valence-electron chi connectivity index (χ1n) is 9.73. The number of benzene rings is 1. The molecule has 1 heterocycles. The lowest BCUT2D eigenvalue weighted by Crippen LogP contribution is -2.53. The third kappa shape index (κ3) is 5.77. The molecule has 1 fully saturated rings. The quantitative estimate of drug-likeness (QED) is 0.654. The number of amides is 2. The second-order valence-electron chi connectivity index (χ2n) is 7.49. The van der Waals surface area contributed by atoms with E-state index in [4.69, 9.17) is 9.47 Å². The first-order valence-corrected chi connectivity index (χ1v) is 9.73. The number of ether oxygens (including phenoxy) is 2. The van der Waals surface area contributed by atoms with E-state index in [1.165, 1.54) is 0 Å². The van der Waals surface area contributed by atoms with Crippen molar-refractivity contribution in [1.82, 2.24) is 10.2 Å². The molecule has 2 amide bonds. The number of likely N-dealkylation sites (tertiary alicyclic amines) is 1. The van der Waals surface area contributed by atoms with Gasteiger partial charge in [-0.05, 0) is 50.8 Å². The van der Waals surface area contributed by atoms with Crippen LogP contribution in [0.25, 0.3) is 0 Å². The fourth-order valence-corrected chi connectivity index (χ4v) is 3.24. The van der Waals surface area contributed by atoms with Gasteiger partial charge in [0.25, 0.3) is 5.91 Å². The highest BCUT2D eigenvalue weighted by atomic mass is 16.5. The molecule has 2 N–H and O–H groups in total. The molecule has 7 nitrogen and oxygen atoms in total. The predicted octanol–water partition coefficient (Wildman–Crippen LogP) is 1.44. The van der Waals surface area contributed by atoms with Crippen molar-refractivity contribution in [1.29, 1.82) is 0 Å². The molecule has 1 unspecified atom stereocenters. The number of aliphatic hydroxyl groups is 1. The van der Waals surface area contributed by atoms with E-state index >= 15 is 0 Å². The maximum Gasteiger partial charge on any atom is 0.254 e. The lowest BCUT2D eigenvalue weighted by molar-refractivity contribution is -0.134. The van der Waals surface area contributed by atoms with Crippen LogP contribution in [0.5, 0.6) is 0 Å². The molecule has 0 spiro atoms. The zero-order valence-corrected chi connectivity index (χ0v) is 17.3. The van der Waals surface area contributed by atoms with E-state index in [9.17, 15) is 14.7 Å². The summed E-state index contributed by atoms with van der Waals surface area (Å²) >= 11 is 0.